The number of piperidine rings is 1. The summed E-state index contributed by atoms with van der Waals surface area (Å²) >= 11 is 0. The predicted octanol–water partition coefficient (Wildman–Crippen LogP) is 3.96. The summed E-state index contributed by atoms with van der Waals surface area (Å²) in [5.74, 6) is 0.589. The van der Waals surface area contributed by atoms with E-state index in [1.54, 1.807) is 21.0 Å². The Balaban J connectivity index is 1.49. The Labute approximate surface area is 190 Å². The molecule has 0 bridgehead atoms. The Hall–Kier alpha value is -2.80. The lowest BCUT2D eigenvalue weighted by Crippen LogP contribution is -2.57. The number of benzene rings is 1. The Kier molecular flexibility index (Phi) is 6.29. The summed E-state index contributed by atoms with van der Waals surface area (Å²) in [5.41, 5.74) is 0.189. The van der Waals surface area contributed by atoms with Gasteiger partial charge in [0.1, 0.15) is 5.60 Å². The summed E-state index contributed by atoms with van der Waals surface area (Å²) in [6.45, 7) is 5.80. The highest BCUT2D eigenvalue weighted by Gasteiger charge is 2.47. The van der Waals surface area contributed by atoms with Crippen LogP contribution in [0.25, 0.3) is 0 Å². The van der Waals surface area contributed by atoms with Crippen molar-refractivity contribution in [3.8, 4) is 5.88 Å². The summed E-state index contributed by atoms with van der Waals surface area (Å²) in [4.78, 5) is 21.7. The van der Waals surface area contributed by atoms with Crippen LogP contribution in [0.15, 0.2) is 48.7 Å². The number of amides is 1. The van der Waals surface area contributed by atoms with E-state index in [-0.39, 0.29) is 12.1 Å². The predicted molar refractivity (Wildman–Crippen MR) is 123 cm³/mol. The number of pyridine rings is 1. The quantitative estimate of drug-likeness (QED) is 0.734. The summed E-state index contributed by atoms with van der Waals surface area (Å²) in [6.07, 6.45) is 4.46. The highest BCUT2D eigenvalue weighted by molar-refractivity contribution is 5.70. The van der Waals surface area contributed by atoms with Gasteiger partial charge in [-0.3, -0.25) is 0 Å². The van der Waals surface area contributed by atoms with Crippen LogP contribution in [0.2, 0.25) is 0 Å². The number of hydrogen-bond donors (Lipinski definition) is 1. The Morgan fingerprint density at radius 2 is 2.00 bits per heavy atom. The SMILES string of the molecule is COc1ccc(N2CCC[C@H](N3CC[C@](CC(C)(C)O)(c4ccccc4)OC3=O)C2)cn1. The van der Waals surface area contributed by atoms with Crippen molar-refractivity contribution in [2.24, 2.45) is 0 Å². The molecule has 2 aliphatic heterocycles. The van der Waals surface area contributed by atoms with E-state index in [0.29, 0.717) is 25.3 Å². The molecular weight excluding hydrogens is 406 g/mol. The van der Waals surface area contributed by atoms with Gasteiger partial charge in [0.15, 0.2) is 0 Å². The molecule has 2 saturated heterocycles. The van der Waals surface area contributed by atoms with Crippen LogP contribution in [0.4, 0.5) is 10.5 Å². The van der Waals surface area contributed by atoms with Gasteiger partial charge in [0, 0.05) is 38.5 Å². The Morgan fingerprint density at radius 3 is 2.62 bits per heavy atom. The minimum absolute atomic E-state index is 0.0780. The average Bonchev–Trinajstić information content (AvgIpc) is 2.79. The third-order valence-corrected chi connectivity index (χ3v) is 6.42. The van der Waals surface area contributed by atoms with Gasteiger partial charge in [-0.2, -0.15) is 0 Å². The van der Waals surface area contributed by atoms with E-state index in [1.807, 2.05) is 53.6 Å². The maximum Gasteiger partial charge on any atom is 0.410 e. The van der Waals surface area contributed by atoms with Crippen LogP contribution < -0.4 is 9.64 Å². The first-order valence-electron chi connectivity index (χ1n) is 11.3. The topological polar surface area (TPSA) is 75.1 Å². The number of carbonyl (C=O) groups is 1. The van der Waals surface area contributed by atoms with Gasteiger partial charge >= 0.3 is 6.09 Å². The average molecular weight is 440 g/mol. The monoisotopic (exact) mass is 439 g/mol. The normalized spacial score (nSPS) is 24.2. The standard InChI is InChI=1S/C25H33N3O4/c1-24(2,30)18-25(19-8-5-4-6-9-19)13-15-28(23(29)32-25)21-10-7-14-27(17-21)20-11-12-22(31-3)26-16-20/h4-6,8-9,11-12,16,21,30H,7,10,13-15,17-18H2,1-3H3/t21-,25-/m0/s1. The second-order valence-corrected chi connectivity index (χ2v) is 9.46. The van der Waals surface area contributed by atoms with Crippen LogP contribution in [-0.4, -0.2) is 59.5 Å². The van der Waals surface area contributed by atoms with E-state index in [4.69, 9.17) is 9.47 Å². The molecule has 2 atom stereocenters. The molecule has 0 radical (unpaired) electrons. The fourth-order valence-corrected chi connectivity index (χ4v) is 5.00. The molecule has 1 amide bonds. The largest absolute Gasteiger partial charge is 0.481 e. The number of carbonyl (C=O) groups excluding carboxylic acids is 1. The van der Waals surface area contributed by atoms with Gasteiger partial charge in [0.05, 0.1) is 30.6 Å². The fraction of sp³-hybridized carbons (Fsp3) is 0.520. The molecule has 32 heavy (non-hydrogen) atoms. The molecule has 1 aromatic heterocycles. The second kappa shape index (κ2) is 8.98. The fourth-order valence-electron chi connectivity index (χ4n) is 5.00. The van der Waals surface area contributed by atoms with Crippen molar-refractivity contribution in [3.63, 3.8) is 0 Å². The van der Waals surface area contributed by atoms with Gasteiger partial charge < -0.3 is 24.4 Å². The first-order valence-corrected chi connectivity index (χ1v) is 11.3. The summed E-state index contributed by atoms with van der Waals surface area (Å²) in [6, 6.07) is 13.7. The molecule has 1 N–H and O–H groups in total. The zero-order valence-electron chi connectivity index (χ0n) is 19.2. The number of hydrogen-bond acceptors (Lipinski definition) is 6. The van der Waals surface area contributed by atoms with E-state index in [2.05, 4.69) is 9.88 Å². The highest BCUT2D eigenvalue weighted by atomic mass is 16.6. The zero-order valence-corrected chi connectivity index (χ0v) is 19.2. The van der Waals surface area contributed by atoms with Crippen molar-refractivity contribution in [2.75, 3.05) is 31.6 Å². The second-order valence-electron chi connectivity index (χ2n) is 9.46. The van der Waals surface area contributed by atoms with Crippen molar-refractivity contribution in [2.45, 2.75) is 56.8 Å². The van der Waals surface area contributed by atoms with Gasteiger partial charge in [-0.25, -0.2) is 9.78 Å². The zero-order chi connectivity index (χ0) is 22.8. The van der Waals surface area contributed by atoms with Gasteiger partial charge in [0.2, 0.25) is 5.88 Å². The first kappa shape index (κ1) is 22.4. The van der Waals surface area contributed by atoms with Crippen molar-refractivity contribution in [1.29, 1.82) is 0 Å². The molecular formula is C25H33N3O4. The molecule has 2 aromatic rings. The lowest BCUT2D eigenvalue weighted by Gasteiger charge is -2.47. The molecule has 7 nitrogen and oxygen atoms in total. The number of aromatic nitrogens is 1. The van der Waals surface area contributed by atoms with E-state index in [9.17, 15) is 9.90 Å². The first-order chi connectivity index (χ1) is 15.3. The van der Waals surface area contributed by atoms with Crippen molar-refractivity contribution < 1.29 is 19.4 Å². The molecule has 3 heterocycles. The Morgan fingerprint density at radius 1 is 1.22 bits per heavy atom. The van der Waals surface area contributed by atoms with Crippen LogP contribution in [0.5, 0.6) is 5.88 Å². The van der Waals surface area contributed by atoms with Crippen molar-refractivity contribution >= 4 is 11.8 Å². The lowest BCUT2D eigenvalue weighted by molar-refractivity contribution is -0.102. The summed E-state index contributed by atoms with van der Waals surface area (Å²) < 4.78 is 11.3. The molecule has 0 unspecified atom stereocenters. The van der Waals surface area contributed by atoms with E-state index >= 15 is 0 Å². The maximum absolute atomic E-state index is 13.3. The van der Waals surface area contributed by atoms with E-state index in [1.165, 1.54) is 0 Å². The van der Waals surface area contributed by atoms with Crippen LogP contribution in [-0.2, 0) is 10.3 Å². The summed E-state index contributed by atoms with van der Waals surface area (Å²) in [5, 5.41) is 10.6. The number of rotatable bonds is 6. The molecule has 4 rings (SSSR count). The Bertz CT molecular complexity index is 913. The maximum atomic E-state index is 13.3. The number of nitrogens with zero attached hydrogens (tertiary/aromatic N) is 3. The molecule has 0 saturated carbocycles. The van der Waals surface area contributed by atoms with Crippen LogP contribution in [0.1, 0.15) is 45.1 Å². The third kappa shape index (κ3) is 4.83. The minimum atomic E-state index is -0.957. The number of methoxy groups -OCH3 is 1. The molecule has 172 valence electrons. The number of aliphatic hydroxyl groups is 1. The van der Waals surface area contributed by atoms with Crippen LogP contribution in [0, 0.1) is 0 Å². The molecule has 2 fully saturated rings. The number of anilines is 1. The molecule has 0 spiro atoms. The van der Waals surface area contributed by atoms with Gasteiger partial charge in [-0.15, -0.1) is 0 Å². The van der Waals surface area contributed by atoms with Crippen molar-refractivity contribution in [3.05, 3.63) is 54.2 Å². The number of ether oxygens (including phenoxy) is 2. The van der Waals surface area contributed by atoms with Crippen molar-refractivity contribution in [1.82, 2.24) is 9.88 Å². The lowest BCUT2D eigenvalue weighted by atomic mass is 9.80. The molecule has 2 aliphatic rings. The van der Waals surface area contributed by atoms with E-state index in [0.717, 1.165) is 37.2 Å². The van der Waals surface area contributed by atoms with Gasteiger partial charge in [-0.05, 0) is 38.3 Å². The van der Waals surface area contributed by atoms with E-state index < -0.39 is 11.2 Å². The number of cyclic esters (lactones) is 1. The minimum Gasteiger partial charge on any atom is -0.481 e. The van der Waals surface area contributed by atoms with Gasteiger partial charge in [-0.1, -0.05) is 30.3 Å². The third-order valence-electron chi connectivity index (χ3n) is 6.42. The smallest absolute Gasteiger partial charge is 0.410 e. The molecule has 0 aliphatic carbocycles. The van der Waals surface area contributed by atoms with Crippen LogP contribution in [0.3, 0.4) is 0 Å². The molecule has 7 heteroatoms. The van der Waals surface area contributed by atoms with Crippen LogP contribution >= 0.6 is 0 Å². The molecule has 1 aromatic carbocycles. The van der Waals surface area contributed by atoms with Gasteiger partial charge in [0.25, 0.3) is 0 Å². The highest BCUT2D eigenvalue weighted by Crippen LogP contribution is 2.41. The summed E-state index contributed by atoms with van der Waals surface area (Å²) in [7, 11) is 1.61.